The molecule has 1 amide bonds. The summed E-state index contributed by atoms with van der Waals surface area (Å²) in [4.78, 5) is 20.1. The van der Waals surface area contributed by atoms with Crippen LogP contribution in [0.25, 0.3) is 0 Å². The van der Waals surface area contributed by atoms with Crippen LogP contribution in [0.15, 0.2) is 36.7 Å². The molecule has 2 rings (SSSR count). The van der Waals surface area contributed by atoms with Crippen molar-refractivity contribution in [3.8, 4) is 5.88 Å². The van der Waals surface area contributed by atoms with Crippen molar-refractivity contribution in [1.29, 1.82) is 0 Å². The molecule has 0 fully saturated rings. The van der Waals surface area contributed by atoms with E-state index in [0.29, 0.717) is 23.8 Å². The third-order valence-corrected chi connectivity index (χ3v) is 2.65. The van der Waals surface area contributed by atoms with Gasteiger partial charge in [-0.3, -0.25) is 4.79 Å². The topological polar surface area (TPSA) is 102 Å². The van der Waals surface area contributed by atoms with Crippen LogP contribution in [0.3, 0.4) is 0 Å². The fourth-order valence-electron chi connectivity index (χ4n) is 1.62. The van der Waals surface area contributed by atoms with Gasteiger partial charge in [0.15, 0.2) is 5.82 Å². The number of anilines is 1. The predicted molar refractivity (Wildman–Crippen MR) is 74.0 cm³/mol. The molecule has 0 bridgehead atoms. The van der Waals surface area contributed by atoms with E-state index in [1.54, 1.807) is 37.7 Å². The van der Waals surface area contributed by atoms with E-state index in [1.165, 1.54) is 0 Å². The number of pyridine rings is 2. The minimum absolute atomic E-state index is 0.262. The molecule has 7 heteroatoms. The standard InChI is InChI=1S/C13H15N5O2/c1-20-11-5-4-9(7-16-11)8-17-13(19)10-3-2-6-15-12(10)18-14/h2-7H,8,14H2,1H3,(H,15,18)(H,17,19). The Morgan fingerprint density at radius 1 is 1.35 bits per heavy atom. The Balaban J connectivity index is 2.01. The maximum atomic E-state index is 12.0. The van der Waals surface area contributed by atoms with Crippen molar-refractivity contribution in [2.75, 3.05) is 12.5 Å². The van der Waals surface area contributed by atoms with Gasteiger partial charge >= 0.3 is 0 Å². The number of amides is 1. The summed E-state index contributed by atoms with van der Waals surface area (Å²) in [5.74, 6) is 5.91. The Labute approximate surface area is 116 Å². The summed E-state index contributed by atoms with van der Waals surface area (Å²) in [6, 6.07) is 6.88. The van der Waals surface area contributed by atoms with E-state index in [9.17, 15) is 4.79 Å². The number of ether oxygens (including phenoxy) is 1. The second-order valence-corrected chi connectivity index (χ2v) is 3.94. The molecule has 0 aromatic carbocycles. The lowest BCUT2D eigenvalue weighted by atomic mass is 10.2. The SMILES string of the molecule is COc1ccc(CNC(=O)c2cccnc2NN)cn1. The maximum absolute atomic E-state index is 12.0. The number of hydrogen-bond donors (Lipinski definition) is 3. The lowest BCUT2D eigenvalue weighted by molar-refractivity contribution is 0.0951. The molecule has 7 nitrogen and oxygen atoms in total. The number of carbonyl (C=O) groups excluding carboxylic acids is 1. The summed E-state index contributed by atoms with van der Waals surface area (Å²) in [7, 11) is 1.55. The molecular weight excluding hydrogens is 258 g/mol. The van der Waals surface area contributed by atoms with Gasteiger partial charge in [-0.25, -0.2) is 15.8 Å². The zero-order valence-electron chi connectivity index (χ0n) is 11.0. The summed E-state index contributed by atoms with van der Waals surface area (Å²) < 4.78 is 4.97. The Bertz CT molecular complexity index is 586. The number of hydrogen-bond acceptors (Lipinski definition) is 6. The second-order valence-electron chi connectivity index (χ2n) is 3.94. The van der Waals surface area contributed by atoms with Gasteiger partial charge in [0.2, 0.25) is 5.88 Å². The van der Waals surface area contributed by atoms with Gasteiger partial charge in [-0.15, -0.1) is 0 Å². The number of rotatable bonds is 5. The largest absolute Gasteiger partial charge is 0.481 e. The molecule has 0 aliphatic heterocycles. The highest BCUT2D eigenvalue weighted by Gasteiger charge is 2.10. The molecular formula is C13H15N5O2. The van der Waals surface area contributed by atoms with E-state index in [-0.39, 0.29) is 5.91 Å². The van der Waals surface area contributed by atoms with Crippen LogP contribution >= 0.6 is 0 Å². The van der Waals surface area contributed by atoms with Gasteiger partial charge in [0.25, 0.3) is 5.91 Å². The fourth-order valence-corrected chi connectivity index (χ4v) is 1.62. The first-order valence-electron chi connectivity index (χ1n) is 5.93. The zero-order valence-corrected chi connectivity index (χ0v) is 11.0. The highest BCUT2D eigenvalue weighted by molar-refractivity contribution is 5.98. The Morgan fingerprint density at radius 2 is 2.20 bits per heavy atom. The number of carbonyl (C=O) groups is 1. The van der Waals surface area contributed by atoms with Gasteiger partial charge in [-0.2, -0.15) is 0 Å². The summed E-state index contributed by atoms with van der Waals surface area (Å²) >= 11 is 0. The number of aromatic nitrogens is 2. The van der Waals surface area contributed by atoms with Gasteiger partial charge in [0.05, 0.1) is 12.7 Å². The average Bonchev–Trinajstić information content (AvgIpc) is 2.53. The molecule has 0 saturated heterocycles. The Kier molecular flexibility index (Phi) is 4.46. The Hall–Kier alpha value is -2.67. The molecule has 2 aromatic rings. The first-order valence-corrected chi connectivity index (χ1v) is 5.93. The molecule has 4 N–H and O–H groups in total. The molecule has 2 aromatic heterocycles. The van der Waals surface area contributed by atoms with Crippen LogP contribution in [0, 0.1) is 0 Å². The Morgan fingerprint density at radius 3 is 2.85 bits per heavy atom. The van der Waals surface area contributed by atoms with Crippen LogP contribution < -0.4 is 21.3 Å². The quantitative estimate of drug-likeness (QED) is 0.547. The summed E-state index contributed by atoms with van der Waals surface area (Å²) in [5.41, 5.74) is 3.64. The number of hydrazine groups is 1. The van der Waals surface area contributed by atoms with Crippen molar-refractivity contribution in [3.63, 3.8) is 0 Å². The number of nitrogens with one attached hydrogen (secondary N) is 2. The lowest BCUT2D eigenvalue weighted by Gasteiger charge is -2.08. The highest BCUT2D eigenvalue weighted by atomic mass is 16.5. The first-order chi connectivity index (χ1) is 9.74. The molecule has 0 aliphatic carbocycles. The van der Waals surface area contributed by atoms with Crippen molar-refractivity contribution in [2.24, 2.45) is 5.84 Å². The summed E-state index contributed by atoms with van der Waals surface area (Å²) in [5, 5.41) is 2.77. The van der Waals surface area contributed by atoms with Crippen molar-refractivity contribution < 1.29 is 9.53 Å². The van der Waals surface area contributed by atoms with Gasteiger partial charge in [0.1, 0.15) is 0 Å². The fraction of sp³-hybridized carbons (Fsp3) is 0.154. The number of methoxy groups -OCH3 is 1. The average molecular weight is 273 g/mol. The van der Waals surface area contributed by atoms with Gasteiger partial charge in [-0.05, 0) is 17.7 Å². The second kappa shape index (κ2) is 6.48. The van der Waals surface area contributed by atoms with E-state index >= 15 is 0 Å². The minimum Gasteiger partial charge on any atom is -0.481 e. The summed E-state index contributed by atoms with van der Waals surface area (Å²) in [6.07, 6.45) is 3.20. The number of nitrogens with zero attached hydrogens (tertiary/aromatic N) is 2. The van der Waals surface area contributed by atoms with E-state index in [1.807, 2.05) is 6.07 Å². The molecule has 104 valence electrons. The van der Waals surface area contributed by atoms with Crippen molar-refractivity contribution in [1.82, 2.24) is 15.3 Å². The molecule has 0 atom stereocenters. The smallest absolute Gasteiger partial charge is 0.255 e. The minimum atomic E-state index is -0.262. The van der Waals surface area contributed by atoms with Crippen LogP contribution in [0.1, 0.15) is 15.9 Å². The van der Waals surface area contributed by atoms with E-state index < -0.39 is 0 Å². The first kappa shape index (κ1) is 13.8. The number of nitrogen functional groups attached to an aromatic ring is 1. The molecule has 0 radical (unpaired) electrons. The van der Waals surface area contributed by atoms with E-state index in [0.717, 1.165) is 5.56 Å². The van der Waals surface area contributed by atoms with E-state index in [2.05, 4.69) is 20.7 Å². The van der Waals surface area contributed by atoms with Crippen molar-refractivity contribution in [2.45, 2.75) is 6.54 Å². The van der Waals surface area contributed by atoms with Crippen LogP contribution in [-0.4, -0.2) is 23.0 Å². The zero-order chi connectivity index (χ0) is 14.4. The lowest BCUT2D eigenvalue weighted by Crippen LogP contribution is -2.25. The van der Waals surface area contributed by atoms with Crippen LogP contribution in [0.2, 0.25) is 0 Å². The maximum Gasteiger partial charge on any atom is 0.255 e. The van der Waals surface area contributed by atoms with Gasteiger partial charge < -0.3 is 15.5 Å². The van der Waals surface area contributed by atoms with Crippen molar-refractivity contribution in [3.05, 3.63) is 47.8 Å². The summed E-state index contributed by atoms with van der Waals surface area (Å²) in [6.45, 7) is 0.356. The molecule has 0 saturated carbocycles. The highest BCUT2D eigenvalue weighted by Crippen LogP contribution is 2.10. The van der Waals surface area contributed by atoms with Gasteiger partial charge in [-0.1, -0.05) is 6.07 Å². The molecule has 0 aliphatic rings. The predicted octanol–water partition coefficient (Wildman–Crippen LogP) is 0.701. The number of nitrogens with two attached hydrogens (primary N) is 1. The third-order valence-electron chi connectivity index (χ3n) is 2.65. The normalized spacial score (nSPS) is 9.90. The molecule has 0 unspecified atom stereocenters. The van der Waals surface area contributed by atoms with Crippen LogP contribution in [-0.2, 0) is 6.54 Å². The third kappa shape index (κ3) is 3.21. The van der Waals surface area contributed by atoms with Gasteiger partial charge in [0, 0.05) is 25.0 Å². The molecule has 20 heavy (non-hydrogen) atoms. The van der Waals surface area contributed by atoms with Crippen LogP contribution in [0.5, 0.6) is 5.88 Å². The molecule has 2 heterocycles. The molecule has 0 spiro atoms. The monoisotopic (exact) mass is 273 g/mol. The van der Waals surface area contributed by atoms with E-state index in [4.69, 9.17) is 10.6 Å². The van der Waals surface area contributed by atoms with Crippen LogP contribution in [0.4, 0.5) is 5.82 Å². The van der Waals surface area contributed by atoms with Crippen molar-refractivity contribution >= 4 is 11.7 Å².